The van der Waals surface area contributed by atoms with E-state index >= 15 is 0 Å². The van der Waals surface area contributed by atoms with Gasteiger partial charge in [-0.15, -0.1) is 11.8 Å². The molecule has 4 aromatic rings. The summed E-state index contributed by atoms with van der Waals surface area (Å²) < 4.78 is 2.10. The van der Waals surface area contributed by atoms with Crippen LogP contribution in [-0.4, -0.2) is 9.38 Å². The zero-order valence-electron chi connectivity index (χ0n) is 12.4. The molecule has 0 aliphatic rings. The highest BCUT2D eigenvalue weighted by Crippen LogP contribution is 2.26. The summed E-state index contributed by atoms with van der Waals surface area (Å²) in [4.78, 5) is 6.02. The van der Waals surface area contributed by atoms with Gasteiger partial charge in [0.1, 0.15) is 5.65 Å². The van der Waals surface area contributed by atoms with E-state index in [9.17, 15) is 0 Å². The van der Waals surface area contributed by atoms with Crippen LogP contribution in [0.1, 0.15) is 11.3 Å². The van der Waals surface area contributed by atoms with Crippen molar-refractivity contribution in [2.24, 2.45) is 0 Å². The fourth-order valence-corrected chi connectivity index (χ4v) is 3.52. The molecule has 4 rings (SSSR count). The van der Waals surface area contributed by atoms with Gasteiger partial charge in [0.25, 0.3) is 0 Å². The van der Waals surface area contributed by atoms with Gasteiger partial charge in [0.05, 0.1) is 5.69 Å². The third-order valence-electron chi connectivity index (χ3n) is 3.84. The number of rotatable bonds is 3. The number of imidazole rings is 1. The number of thioether (sulfide) groups is 1. The molecule has 0 saturated heterocycles. The van der Waals surface area contributed by atoms with Crippen molar-refractivity contribution in [3.05, 3.63) is 78.2 Å². The van der Waals surface area contributed by atoms with Gasteiger partial charge in [-0.1, -0.05) is 36.4 Å². The van der Waals surface area contributed by atoms with Crippen LogP contribution in [0, 0.1) is 6.92 Å². The molecule has 0 radical (unpaired) electrons. The number of nitrogens with zero attached hydrogens (tertiary/aromatic N) is 2. The molecule has 0 aliphatic heterocycles. The van der Waals surface area contributed by atoms with Crippen LogP contribution < -0.4 is 0 Å². The van der Waals surface area contributed by atoms with Gasteiger partial charge < -0.3 is 4.40 Å². The molecule has 2 nitrogen and oxygen atoms in total. The molecular formula is C19H16N2S. The Balaban J connectivity index is 1.58. The van der Waals surface area contributed by atoms with Crippen molar-refractivity contribution in [2.45, 2.75) is 17.6 Å². The van der Waals surface area contributed by atoms with E-state index in [4.69, 9.17) is 4.98 Å². The molecule has 0 saturated carbocycles. The maximum absolute atomic E-state index is 4.73. The fraction of sp³-hybridized carbons (Fsp3) is 0.105. The minimum atomic E-state index is 0.888. The van der Waals surface area contributed by atoms with Crippen LogP contribution in [0.2, 0.25) is 0 Å². The average Bonchev–Trinajstić information content (AvgIpc) is 2.97. The number of hydrogen-bond donors (Lipinski definition) is 0. The van der Waals surface area contributed by atoms with Crippen LogP contribution >= 0.6 is 11.8 Å². The number of aromatic nitrogens is 2. The first-order valence-electron chi connectivity index (χ1n) is 7.34. The lowest BCUT2D eigenvalue weighted by Crippen LogP contribution is -1.84. The molecule has 3 heteroatoms. The summed E-state index contributed by atoms with van der Waals surface area (Å²) in [5.74, 6) is 0.888. The first-order valence-corrected chi connectivity index (χ1v) is 8.33. The van der Waals surface area contributed by atoms with Crippen molar-refractivity contribution in [1.82, 2.24) is 9.38 Å². The van der Waals surface area contributed by atoms with Crippen molar-refractivity contribution >= 4 is 28.2 Å². The van der Waals surface area contributed by atoms with E-state index in [-0.39, 0.29) is 0 Å². The minimum Gasteiger partial charge on any atom is -0.307 e. The van der Waals surface area contributed by atoms with Gasteiger partial charge in [0, 0.05) is 23.0 Å². The Labute approximate surface area is 133 Å². The van der Waals surface area contributed by atoms with E-state index in [0.717, 1.165) is 17.1 Å². The monoisotopic (exact) mass is 304 g/mol. The number of pyridine rings is 1. The second kappa shape index (κ2) is 5.50. The molecule has 0 amide bonds. The zero-order chi connectivity index (χ0) is 14.9. The van der Waals surface area contributed by atoms with E-state index in [2.05, 4.69) is 78.3 Å². The summed E-state index contributed by atoms with van der Waals surface area (Å²) in [7, 11) is 0. The van der Waals surface area contributed by atoms with Gasteiger partial charge in [-0.2, -0.15) is 0 Å². The molecular weight excluding hydrogens is 288 g/mol. The summed E-state index contributed by atoms with van der Waals surface area (Å²) in [6, 6.07) is 19.3. The number of hydrogen-bond acceptors (Lipinski definition) is 2. The van der Waals surface area contributed by atoms with Gasteiger partial charge in [0.2, 0.25) is 0 Å². The Morgan fingerprint density at radius 1 is 1.00 bits per heavy atom. The largest absolute Gasteiger partial charge is 0.307 e. The summed E-state index contributed by atoms with van der Waals surface area (Å²) in [6.45, 7) is 2.10. The Bertz CT molecular complexity index is 956. The third kappa shape index (κ3) is 2.48. The molecule has 2 aromatic heterocycles. The first kappa shape index (κ1) is 13.4. The quantitative estimate of drug-likeness (QED) is 0.491. The predicted octanol–water partition coefficient (Wildman–Crippen LogP) is 5.09. The van der Waals surface area contributed by atoms with Crippen LogP contribution in [0.25, 0.3) is 16.4 Å². The molecule has 0 atom stereocenters. The zero-order valence-corrected chi connectivity index (χ0v) is 13.2. The molecule has 0 bridgehead atoms. The molecule has 108 valence electrons. The molecule has 0 aliphatic carbocycles. The van der Waals surface area contributed by atoms with Gasteiger partial charge in [-0.3, -0.25) is 0 Å². The van der Waals surface area contributed by atoms with Crippen molar-refractivity contribution in [2.75, 3.05) is 0 Å². The molecule has 0 fully saturated rings. The second-order valence-corrected chi connectivity index (χ2v) is 6.50. The van der Waals surface area contributed by atoms with E-state index in [1.165, 1.54) is 21.2 Å². The van der Waals surface area contributed by atoms with Crippen LogP contribution in [0.4, 0.5) is 0 Å². The Morgan fingerprint density at radius 3 is 2.73 bits per heavy atom. The average molecular weight is 304 g/mol. The Kier molecular flexibility index (Phi) is 3.35. The number of fused-ring (bicyclic) bond motifs is 2. The Hall–Kier alpha value is -2.26. The van der Waals surface area contributed by atoms with E-state index in [0.29, 0.717) is 0 Å². The smallest absolute Gasteiger partial charge is 0.139 e. The van der Waals surface area contributed by atoms with Gasteiger partial charge >= 0.3 is 0 Å². The van der Waals surface area contributed by atoms with Crippen molar-refractivity contribution in [3.63, 3.8) is 0 Å². The van der Waals surface area contributed by atoms with Crippen LogP contribution in [0.15, 0.2) is 71.9 Å². The highest BCUT2D eigenvalue weighted by Gasteiger charge is 2.05. The third-order valence-corrected chi connectivity index (χ3v) is 4.86. The molecule has 0 unspecified atom stereocenters. The van der Waals surface area contributed by atoms with Crippen LogP contribution in [0.5, 0.6) is 0 Å². The summed E-state index contributed by atoms with van der Waals surface area (Å²) in [5, 5.41) is 2.58. The Morgan fingerprint density at radius 2 is 1.86 bits per heavy atom. The fourth-order valence-electron chi connectivity index (χ4n) is 2.69. The topological polar surface area (TPSA) is 17.3 Å². The summed E-state index contributed by atoms with van der Waals surface area (Å²) >= 11 is 1.83. The van der Waals surface area contributed by atoms with Gasteiger partial charge in [0.15, 0.2) is 0 Å². The van der Waals surface area contributed by atoms with Crippen LogP contribution in [-0.2, 0) is 5.75 Å². The lowest BCUT2D eigenvalue weighted by molar-refractivity contribution is 1.16. The highest BCUT2D eigenvalue weighted by molar-refractivity contribution is 7.98. The maximum atomic E-state index is 4.73. The molecule has 2 heterocycles. The predicted molar refractivity (Wildman–Crippen MR) is 93.4 cm³/mol. The van der Waals surface area contributed by atoms with Crippen molar-refractivity contribution < 1.29 is 0 Å². The standard InChI is InChI=1S/C19H16N2S/c1-14-5-4-10-21-12-17(20-19(14)21)13-22-18-9-8-15-6-2-3-7-16(15)11-18/h2-12H,13H2,1H3. The van der Waals surface area contributed by atoms with E-state index < -0.39 is 0 Å². The molecule has 0 spiro atoms. The van der Waals surface area contributed by atoms with E-state index in [1.54, 1.807) is 0 Å². The lowest BCUT2D eigenvalue weighted by Gasteiger charge is -2.02. The van der Waals surface area contributed by atoms with Gasteiger partial charge in [-0.25, -0.2) is 4.98 Å². The molecule has 22 heavy (non-hydrogen) atoms. The molecule has 0 N–H and O–H groups in total. The van der Waals surface area contributed by atoms with Crippen molar-refractivity contribution in [1.29, 1.82) is 0 Å². The molecule has 2 aromatic carbocycles. The summed E-state index contributed by atoms with van der Waals surface area (Å²) in [6.07, 6.45) is 4.18. The lowest BCUT2D eigenvalue weighted by atomic mass is 10.1. The van der Waals surface area contributed by atoms with Crippen LogP contribution in [0.3, 0.4) is 0 Å². The second-order valence-electron chi connectivity index (χ2n) is 5.45. The van der Waals surface area contributed by atoms with E-state index in [1.807, 2.05) is 11.8 Å². The minimum absolute atomic E-state index is 0.888. The maximum Gasteiger partial charge on any atom is 0.139 e. The number of benzene rings is 2. The van der Waals surface area contributed by atoms with Gasteiger partial charge in [-0.05, 0) is 41.5 Å². The number of aryl methyl sites for hydroxylation is 1. The first-order chi connectivity index (χ1) is 10.8. The normalized spacial score (nSPS) is 11.3. The highest BCUT2D eigenvalue weighted by atomic mass is 32.2. The van der Waals surface area contributed by atoms with Crippen molar-refractivity contribution in [3.8, 4) is 0 Å². The summed E-state index contributed by atoms with van der Waals surface area (Å²) in [5.41, 5.74) is 3.38. The SMILES string of the molecule is Cc1cccn2cc(CSc3ccc4ccccc4c3)nc12.